The fraction of sp³-hybridized carbons (Fsp3) is 0.0588. The summed E-state index contributed by atoms with van der Waals surface area (Å²) < 4.78 is 0.975. The first-order valence-corrected chi connectivity index (χ1v) is 7.81. The minimum atomic E-state index is -0.250. The molecule has 2 N–H and O–H groups in total. The number of hydrogen-bond donors (Lipinski definition) is 2. The lowest BCUT2D eigenvalue weighted by molar-refractivity contribution is -0.112. The third kappa shape index (κ3) is 3.12. The number of para-hydroxylation sites is 1. The summed E-state index contributed by atoms with van der Waals surface area (Å²) >= 11 is 3.47. The normalized spacial score (nSPS) is 15.9. The molecule has 0 spiro atoms. The van der Waals surface area contributed by atoms with Crippen molar-refractivity contribution in [2.45, 2.75) is 6.92 Å². The van der Waals surface area contributed by atoms with Gasteiger partial charge in [0.1, 0.15) is 0 Å². The molecule has 2 aromatic rings. The van der Waals surface area contributed by atoms with Gasteiger partial charge in [-0.25, -0.2) is 5.01 Å². The number of benzene rings is 2. The molecule has 1 aliphatic heterocycles. The van der Waals surface area contributed by atoms with Crippen LogP contribution in [0.5, 0.6) is 0 Å². The maximum Gasteiger partial charge on any atom is 0.299 e. The fourth-order valence-electron chi connectivity index (χ4n) is 2.13. The lowest BCUT2D eigenvalue weighted by atomic mass is 10.2. The molecule has 2 aromatic carbocycles. The van der Waals surface area contributed by atoms with E-state index in [0.717, 1.165) is 21.4 Å². The van der Waals surface area contributed by atoms with Gasteiger partial charge in [0.05, 0.1) is 17.1 Å². The third-order valence-corrected chi connectivity index (χ3v) is 4.28. The predicted molar refractivity (Wildman–Crippen MR) is 96.1 cm³/mol. The molecule has 1 saturated heterocycles. The average molecular weight is 371 g/mol. The summed E-state index contributed by atoms with van der Waals surface area (Å²) in [5.74, 6) is -0.250. The van der Waals surface area contributed by atoms with Gasteiger partial charge in [-0.15, -0.1) is 0 Å². The second-order valence-corrected chi connectivity index (χ2v) is 5.96. The predicted octanol–water partition coefficient (Wildman–Crippen LogP) is 3.59. The maximum atomic E-state index is 12.5. The molecule has 0 aliphatic carbocycles. The molecule has 0 unspecified atom stereocenters. The number of carbonyl (C=O) groups excluding carboxylic acids is 1. The van der Waals surface area contributed by atoms with Gasteiger partial charge < -0.3 is 0 Å². The maximum absolute atomic E-state index is 12.5. The van der Waals surface area contributed by atoms with E-state index in [9.17, 15) is 4.79 Å². The van der Waals surface area contributed by atoms with E-state index in [0.29, 0.717) is 5.70 Å². The number of anilines is 2. The number of aryl methyl sites for hydroxylation is 1. The van der Waals surface area contributed by atoms with E-state index in [1.165, 1.54) is 5.01 Å². The minimum absolute atomic E-state index is 0.250. The summed E-state index contributed by atoms with van der Waals surface area (Å²) in [6.07, 6.45) is 0. The molecule has 1 amide bonds. The van der Waals surface area contributed by atoms with Gasteiger partial charge in [0.2, 0.25) is 0 Å². The van der Waals surface area contributed by atoms with Gasteiger partial charge in [-0.1, -0.05) is 46.8 Å². The zero-order chi connectivity index (χ0) is 16.4. The Kier molecular flexibility index (Phi) is 4.16. The quantitative estimate of drug-likeness (QED) is 0.811. The number of hydrogen-bond acceptors (Lipinski definition) is 4. The number of rotatable bonds is 3. The van der Waals surface area contributed by atoms with Gasteiger partial charge in [-0.3, -0.25) is 15.6 Å². The van der Waals surface area contributed by atoms with E-state index in [1.54, 1.807) is 0 Å². The first kappa shape index (κ1) is 15.3. The van der Waals surface area contributed by atoms with Crippen LogP contribution in [0.25, 0.3) is 0 Å². The molecule has 0 bridgehead atoms. The van der Waals surface area contributed by atoms with Crippen LogP contribution < -0.4 is 15.9 Å². The van der Waals surface area contributed by atoms with Gasteiger partial charge in [0, 0.05) is 4.47 Å². The Morgan fingerprint density at radius 1 is 1.22 bits per heavy atom. The first-order chi connectivity index (χ1) is 11.1. The standard InChI is InChI=1S/C17H15BrN4O/c1-11-8-9-13(10-15(11)18)19-20-16-12(2)21-22(17(16)23)14-6-4-3-5-7-14/h3-10,19,21H,2H2,1H3/b20-16-. The van der Waals surface area contributed by atoms with Crippen LogP contribution >= 0.6 is 15.9 Å². The molecule has 23 heavy (non-hydrogen) atoms. The van der Waals surface area contributed by atoms with Gasteiger partial charge in [0.15, 0.2) is 5.71 Å². The zero-order valence-electron chi connectivity index (χ0n) is 12.5. The van der Waals surface area contributed by atoms with Gasteiger partial charge in [-0.2, -0.15) is 5.10 Å². The number of hydrazone groups is 1. The van der Waals surface area contributed by atoms with E-state index < -0.39 is 0 Å². The monoisotopic (exact) mass is 370 g/mol. The Morgan fingerprint density at radius 3 is 2.65 bits per heavy atom. The lowest BCUT2D eigenvalue weighted by Gasteiger charge is -2.14. The van der Waals surface area contributed by atoms with Crippen molar-refractivity contribution in [1.29, 1.82) is 0 Å². The van der Waals surface area contributed by atoms with Crippen LogP contribution in [0, 0.1) is 6.92 Å². The molecule has 6 heteroatoms. The fourth-order valence-corrected chi connectivity index (χ4v) is 2.51. The number of hydrazine groups is 1. The van der Waals surface area contributed by atoms with Crippen molar-refractivity contribution in [1.82, 2.24) is 5.43 Å². The van der Waals surface area contributed by atoms with Gasteiger partial charge in [0.25, 0.3) is 5.91 Å². The molecule has 116 valence electrons. The SMILES string of the molecule is C=C1NN(c2ccccc2)C(=O)/C1=N\Nc1ccc(C)c(Br)c1. The van der Waals surface area contributed by atoms with Crippen LogP contribution in [0.15, 0.2) is 70.4 Å². The van der Waals surface area contributed by atoms with E-state index >= 15 is 0 Å². The molecule has 1 fully saturated rings. The number of nitrogens with zero attached hydrogens (tertiary/aromatic N) is 2. The molecule has 1 heterocycles. The summed E-state index contributed by atoms with van der Waals surface area (Å²) in [5, 5.41) is 5.62. The average Bonchev–Trinajstić information content (AvgIpc) is 2.84. The second kappa shape index (κ2) is 6.26. The Balaban J connectivity index is 1.81. The Bertz CT molecular complexity index is 801. The van der Waals surface area contributed by atoms with Crippen molar-refractivity contribution in [3.63, 3.8) is 0 Å². The Labute approximate surface area is 142 Å². The van der Waals surface area contributed by atoms with Gasteiger partial charge in [-0.05, 0) is 36.8 Å². The van der Waals surface area contributed by atoms with Crippen molar-refractivity contribution in [3.8, 4) is 0 Å². The highest BCUT2D eigenvalue weighted by Crippen LogP contribution is 2.22. The molecule has 3 rings (SSSR count). The Hall–Kier alpha value is -2.60. The summed E-state index contributed by atoms with van der Waals surface area (Å²) in [6.45, 7) is 5.86. The van der Waals surface area contributed by atoms with Crippen LogP contribution in [0.4, 0.5) is 11.4 Å². The number of carbonyl (C=O) groups is 1. The summed E-state index contributed by atoms with van der Waals surface area (Å²) in [6, 6.07) is 15.1. The van der Waals surface area contributed by atoms with Crippen LogP contribution in [-0.2, 0) is 4.79 Å². The Morgan fingerprint density at radius 2 is 1.96 bits per heavy atom. The number of amides is 1. The number of nitrogens with one attached hydrogen (secondary N) is 2. The van der Waals surface area contributed by atoms with Crippen molar-refractivity contribution in [2.75, 3.05) is 10.4 Å². The van der Waals surface area contributed by atoms with E-state index in [4.69, 9.17) is 0 Å². The summed E-state index contributed by atoms with van der Waals surface area (Å²) in [4.78, 5) is 12.5. The first-order valence-electron chi connectivity index (χ1n) is 7.01. The van der Waals surface area contributed by atoms with E-state index in [-0.39, 0.29) is 11.6 Å². The topological polar surface area (TPSA) is 56.7 Å². The minimum Gasteiger partial charge on any atom is -0.289 e. The summed E-state index contributed by atoms with van der Waals surface area (Å²) in [5.41, 5.74) is 9.19. The van der Waals surface area contributed by atoms with Crippen molar-refractivity contribution in [2.24, 2.45) is 5.10 Å². The number of halogens is 1. The van der Waals surface area contributed by atoms with Crippen LogP contribution in [0.2, 0.25) is 0 Å². The van der Waals surface area contributed by atoms with E-state index in [2.05, 4.69) is 38.5 Å². The zero-order valence-corrected chi connectivity index (χ0v) is 14.1. The smallest absolute Gasteiger partial charge is 0.289 e. The summed E-state index contributed by atoms with van der Waals surface area (Å²) in [7, 11) is 0. The molecule has 0 saturated carbocycles. The van der Waals surface area contributed by atoms with Gasteiger partial charge >= 0.3 is 0 Å². The highest BCUT2D eigenvalue weighted by Gasteiger charge is 2.32. The molecule has 5 nitrogen and oxygen atoms in total. The molecule has 0 radical (unpaired) electrons. The highest BCUT2D eigenvalue weighted by molar-refractivity contribution is 9.10. The third-order valence-electron chi connectivity index (χ3n) is 3.42. The van der Waals surface area contributed by atoms with Crippen molar-refractivity contribution in [3.05, 3.63) is 70.8 Å². The highest BCUT2D eigenvalue weighted by atomic mass is 79.9. The molecule has 1 aliphatic rings. The van der Waals surface area contributed by atoms with Crippen molar-refractivity contribution < 1.29 is 4.79 Å². The molecule has 0 atom stereocenters. The van der Waals surface area contributed by atoms with Crippen LogP contribution in [0.1, 0.15) is 5.56 Å². The second-order valence-electron chi connectivity index (χ2n) is 5.10. The van der Waals surface area contributed by atoms with E-state index in [1.807, 2.05) is 55.5 Å². The molecular formula is C17H15BrN4O. The molecule has 0 aromatic heterocycles. The van der Waals surface area contributed by atoms with Crippen LogP contribution in [0.3, 0.4) is 0 Å². The van der Waals surface area contributed by atoms with Crippen molar-refractivity contribution >= 4 is 38.9 Å². The largest absolute Gasteiger partial charge is 0.299 e. The lowest BCUT2D eigenvalue weighted by Crippen LogP contribution is -2.34. The van der Waals surface area contributed by atoms with Crippen LogP contribution in [-0.4, -0.2) is 11.6 Å². The molecular weight excluding hydrogens is 356 g/mol.